The molecule has 1 fully saturated rings. The molecule has 0 saturated carbocycles. The van der Waals surface area contributed by atoms with E-state index in [1.54, 1.807) is 19.4 Å². The summed E-state index contributed by atoms with van der Waals surface area (Å²) < 4.78 is 10.5. The van der Waals surface area contributed by atoms with Gasteiger partial charge in [0.1, 0.15) is 5.69 Å². The van der Waals surface area contributed by atoms with Crippen LogP contribution in [0.25, 0.3) is 11.4 Å². The van der Waals surface area contributed by atoms with Crippen LogP contribution in [0.3, 0.4) is 0 Å². The van der Waals surface area contributed by atoms with Crippen LogP contribution in [0.1, 0.15) is 23.4 Å². The quantitative estimate of drug-likeness (QED) is 0.770. The number of aromatic nitrogens is 2. The molecular weight excluding hydrogens is 379 g/mol. The van der Waals surface area contributed by atoms with Gasteiger partial charge in [-0.2, -0.15) is 0 Å². The summed E-state index contributed by atoms with van der Waals surface area (Å²) in [4.78, 5) is 16.6. The first kappa shape index (κ1) is 22.4. The molecule has 1 aliphatic rings. The Bertz CT molecular complexity index is 670. The topological polar surface area (TPSA) is 89.3 Å². The maximum absolute atomic E-state index is 12.4. The number of carbonyl (C=O) groups is 1. The predicted molar refractivity (Wildman–Crippen MR) is 103 cm³/mol. The minimum Gasteiger partial charge on any atom is -0.384 e. The normalized spacial score (nSPS) is 15.4. The van der Waals surface area contributed by atoms with Crippen LogP contribution in [-0.4, -0.2) is 49.4 Å². The number of hydrogen-bond acceptors (Lipinski definition) is 6. The summed E-state index contributed by atoms with van der Waals surface area (Å²) in [6.45, 7) is 3.06. The molecule has 3 heterocycles. The minimum absolute atomic E-state index is 0. The van der Waals surface area contributed by atoms with E-state index in [4.69, 9.17) is 9.26 Å². The molecule has 26 heavy (non-hydrogen) atoms. The van der Waals surface area contributed by atoms with Crippen LogP contribution in [-0.2, 0) is 4.74 Å². The zero-order valence-electron chi connectivity index (χ0n) is 14.6. The predicted octanol–water partition coefficient (Wildman–Crippen LogP) is 2.33. The lowest BCUT2D eigenvalue weighted by Crippen LogP contribution is -2.47. The molecule has 0 bridgehead atoms. The molecule has 0 aromatic carbocycles. The standard InChI is InChI=1S/C17H22N4O3.2ClH/c1-23-12-17(5-8-18-9-6-17)11-20-16(22)15-10-14(21-24-15)13-4-2-3-7-19-13;;/h2-4,7,10,18H,5-6,8-9,11-12H2,1H3,(H,20,22);2*1H. The summed E-state index contributed by atoms with van der Waals surface area (Å²) in [6, 6.07) is 7.12. The molecule has 0 radical (unpaired) electrons. The molecule has 0 spiro atoms. The van der Waals surface area contributed by atoms with E-state index < -0.39 is 0 Å². The van der Waals surface area contributed by atoms with E-state index in [0.29, 0.717) is 24.5 Å². The first-order valence-corrected chi connectivity index (χ1v) is 8.08. The van der Waals surface area contributed by atoms with E-state index in [2.05, 4.69) is 20.8 Å². The fourth-order valence-corrected chi connectivity index (χ4v) is 3.01. The van der Waals surface area contributed by atoms with Crippen molar-refractivity contribution >= 4 is 30.7 Å². The van der Waals surface area contributed by atoms with Gasteiger partial charge in [-0.25, -0.2) is 0 Å². The molecule has 2 aromatic rings. The van der Waals surface area contributed by atoms with Crippen molar-refractivity contribution in [2.45, 2.75) is 12.8 Å². The fraction of sp³-hybridized carbons (Fsp3) is 0.471. The molecule has 1 amide bonds. The van der Waals surface area contributed by atoms with Crippen LogP contribution >= 0.6 is 24.8 Å². The van der Waals surface area contributed by atoms with Gasteiger partial charge in [0.15, 0.2) is 0 Å². The monoisotopic (exact) mass is 402 g/mol. The van der Waals surface area contributed by atoms with Gasteiger partial charge in [0, 0.05) is 31.3 Å². The van der Waals surface area contributed by atoms with Crippen molar-refractivity contribution < 1.29 is 14.1 Å². The number of hydrogen-bond donors (Lipinski definition) is 2. The third-order valence-corrected chi connectivity index (χ3v) is 4.40. The number of methoxy groups -OCH3 is 1. The minimum atomic E-state index is -0.265. The summed E-state index contributed by atoms with van der Waals surface area (Å²) in [5.74, 6) is -0.0733. The maximum atomic E-state index is 12.4. The molecule has 144 valence electrons. The van der Waals surface area contributed by atoms with Gasteiger partial charge in [-0.15, -0.1) is 24.8 Å². The van der Waals surface area contributed by atoms with Gasteiger partial charge in [0.25, 0.3) is 5.91 Å². The Kier molecular flexibility index (Phi) is 9.01. The molecule has 0 aliphatic carbocycles. The van der Waals surface area contributed by atoms with E-state index in [9.17, 15) is 4.79 Å². The highest BCUT2D eigenvalue weighted by molar-refractivity contribution is 5.92. The Labute approximate surface area is 165 Å². The van der Waals surface area contributed by atoms with Crippen molar-refractivity contribution in [3.05, 3.63) is 36.2 Å². The smallest absolute Gasteiger partial charge is 0.289 e. The van der Waals surface area contributed by atoms with Gasteiger partial charge in [-0.05, 0) is 38.1 Å². The Morgan fingerprint density at radius 1 is 1.31 bits per heavy atom. The number of carbonyl (C=O) groups excluding carboxylic acids is 1. The second-order valence-corrected chi connectivity index (χ2v) is 6.16. The third-order valence-electron chi connectivity index (χ3n) is 4.40. The van der Waals surface area contributed by atoms with Crippen LogP contribution < -0.4 is 10.6 Å². The van der Waals surface area contributed by atoms with Gasteiger partial charge >= 0.3 is 0 Å². The van der Waals surface area contributed by atoms with Gasteiger partial charge in [0.05, 0.1) is 12.3 Å². The molecule has 1 saturated heterocycles. The van der Waals surface area contributed by atoms with Gasteiger partial charge < -0.3 is 19.9 Å². The lowest BCUT2D eigenvalue weighted by Gasteiger charge is -2.37. The van der Waals surface area contributed by atoms with Crippen LogP contribution in [0.2, 0.25) is 0 Å². The summed E-state index contributed by atoms with van der Waals surface area (Å²) in [5, 5.41) is 10.2. The van der Waals surface area contributed by atoms with Gasteiger partial charge in [-0.1, -0.05) is 11.2 Å². The molecule has 2 N–H and O–H groups in total. The van der Waals surface area contributed by atoms with Crippen molar-refractivity contribution in [3.8, 4) is 11.4 Å². The molecule has 3 rings (SSSR count). The molecule has 2 aromatic heterocycles. The first-order valence-electron chi connectivity index (χ1n) is 8.08. The highest BCUT2D eigenvalue weighted by atomic mass is 35.5. The van der Waals surface area contributed by atoms with Crippen molar-refractivity contribution in [1.29, 1.82) is 0 Å². The Morgan fingerprint density at radius 2 is 2.08 bits per heavy atom. The van der Waals surface area contributed by atoms with E-state index >= 15 is 0 Å². The second-order valence-electron chi connectivity index (χ2n) is 6.16. The number of nitrogens with zero attached hydrogens (tertiary/aromatic N) is 2. The highest BCUT2D eigenvalue weighted by Crippen LogP contribution is 2.28. The number of amides is 1. The number of nitrogens with one attached hydrogen (secondary N) is 2. The summed E-state index contributed by atoms with van der Waals surface area (Å²) >= 11 is 0. The number of rotatable bonds is 6. The number of piperidine rings is 1. The highest BCUT2D eigenvalue weighted by Gasteiger charge is 2.33. The van der Waals surface area contributed by atoms with Crippen molar-refractivity contribution in [2.75, 3.05) is 33.4 Å². The molecular formula is C17H24Cl2N4O3. The van der Waals surface area contributed by atoms with Crippen LogP contribution in [0.5, 0.6) is 0 Å². The lowest BCUT2D eigenvalue weighted by atomic mass is 9.79. The molecule has 0 unspecified atom stereocenters. The summed E-state index contributed by atoms with van der Waals surface area (Å²) in [6.07, 6.45) is 3.61. The third kappa shape index (κ3) is 5.41. The van der Waals surface area contributed by atoms with Crippen molar-refractivity contribution in [2.24, 2.45) is 5.41 Å². The summed E-state index contributed by atoms with van der Waals surface area (Å²) in [7, 11) is 1.70. The second kappa shape index (κ2) is 10.5. The largest absolute Gasteiger partial charge is 0.384 e. The Morgan fingerprint density at radius 3 is 2.73 bits per heavy atom. The first-order chi connectivity index (χ1) is 11.7. The summed E-state index contributed by atoms with van der Waals surface area (Å²) in [5.41, 5.74) is 1.20. The van der Waals surface area contributed by atoms with E-state index in [0.717, 1.165) is 25.9 Å². The number of ether oxygens (including phenoxy) is 1. The van der Waals surface area contributed by atoms with Crippen LogP contribution in [0.4, 0.5) is 0 Å². The van der Waals surface area contributed by atoms with Crippen molar-refractivity contribution in [1.82, 2.24) is 20.8 Å². The fourth-order valence-electron chi connectivity index (χ4n) is 3.01. The Hall–Kier alpha value is -1.67. The number of halogens is 2. The number of pyridine rings is 1. The molecule has 7 nitrogen and oxygen atoms in total. The molecule has 9 heteroatoms. The molecule has 1 aliphatic heterocycles. The average Bonchev–Trinajstić information content (AvgIpc) is 3.12. The van der Waals surface area contributed by atoms with E-state index in [1.165, 1.54) is 0 Å². The zero-order chi connectivity index (χ0) is 16.8. The van der Waals surface area contributed by atoms with Crippen LogP contribution in [0.15, 0.2) is 35.0 Å². The van der Waals surface area contributed by atoms with E-state index in [1.807, 2.05) is 18.2 Å². The Balaban J connectivity index is 0.00000169. The average molecular weight is 403 g/mol. The van der Waals surface area contributed by atoms with E-state index in [-0.39, 0.29) is 41.9 Å². The van der Waals surface area contributed by atoms with Gasteiger partial charge in [-0.3, -0.25) is 9.78 Å². The van der Waals surface area contributed by atoms with Gasteiger partial charge in [0.2, 0.25) is 5.76 Å². The zero-order valence-corrected chi connectivity index (χ0v) is 16.2. The molecule has 0 atom stereocenters. The SMILES string of the molecule is COCC1(CNC(=O)c2cc(-c3ccccn3)no2)CCNCC1.Cl.Cl. The van der Waals surface area contributed by atoms with Crippen LogP contribution in [0, 0.1) is 5.41 Å². The van der Waals surface area contributed by atoms with Crippen molar-refractivity contribution in [3.63, 3.8) is 0 Å². The maximum Gasteiger partial charge on any atom is 0.289 e. The lowest BCUT2D eigenvalue weighted by molar-refractivity contribution is 0.0504.